The predicted molar refractivity (Wildman–Crippen MR) is 84.9 cm³/mol. The predicted octanol–water partition coefficient (Wildman–Crippen LogP) is 2.24. The third kappa shape index (κ3) is 3.30. The van der Waals surface area contributed by atoms with Crippen LogP contribution in [0.4, 0.5) is 0 Å². The monoisotopic (exact) mass is 319 g/mol. The number of aryl methyl sites for hydroxylation is 1. The van der Waals surface area contributed by atoms with Crippen molar-refractivity contribution in [2.75, 3.05) is 19.7 Å². The number of hydrogen-bond donors (Lipinski definition) is 0. The Labute approximate surface area is 136 Å². The zero-order valence-corrected chi connectivity index (χ0v) is 14.5. The number of oxazole rings is 1. The highest BCUT2D eigenvalue weighted by Crippen LogP contribution is 2.30. The molecule has 1 saturated heterocycles. The topological polar surface area (TPSA) is 69.2 Å². The minimum atomic E-state index is -0.0734. The maximum absolute atomic E-state index is 5.99. The molecule has 0 bridgehead atoms. The lowest BCUT2D eigenvalue weighted by molar-refractivity contribution is -0.0516. The number of rotatable bonds is 3. The van der Waals surface area contributed by atoms with E-state index in [1.54, 1.807) is 6.33 Å². The Hall–Kier alpha value is -1.73. The molecule has 0 unspecified atom stereocenters. The summed E-state index contributed by atoms with van der Waals surface area (Å²) in [6, 6.07) is 0.103. The summed E-state index contributed by atoms with van der Waals surface area (Å²) in [4.78, 5) is 6.80. The van der Waals surface area contributed by atoms with E-state index in [0.29, 0.717) is 6.61 Å². The number of nitrogens with zero attached hydrogens (tertiary/aromatic N) is 5. The highest BCUT2D eigenvalue weighted by molar-refractivity contribution is 5.08. The molecular formula is C16H25N5O2. The highest BCUT2D eigenvalue weighted by Gasteiger charge is 2.31. The fraction of sp³-hybridized carbons (Fsp3) is 0.688. The average molecular weight is 319 g/mol. The van der Waals surface area contributed by atoms with Crippen molar-refractivity contribution in [2.45, 2.75) is 45.3 Å². The Morgan fingerprint density at radius 3 is 2.74 bits per heavy atom. The molecule has 0 spiro atoms. The highest BCUT2D eigenvalue weighted by atomic mass is 16.5. The van der Waals surface area contributed by atoms with Crippen molar-refractivity contribution in [3.05, 3.63) is 30.0 Å². The number of hydrogen-bond acceptors (Lipinski definition) is 6. The first kappa shape index (κ1) is 16.1. The molecule has 0 N–H and O–H groups in total. The molecule has 126 valence electrons. The van der Waals surface area contributed by atoms with Gasteiger partial charge in [-0.1, -0.05) is 20.8 Å². The Morgan fingerprint density at radius 1 is 1.35 bits per heavy atom. The summed E-state index contributed by atoms with van der Waals surface area (Å²) in [6.45, 7) is 10.8. The second-order valence-electron chi connectivity index (χ2n) is 7.14. The van der Waals surface area contributed by atoms with E-state index in [1.165, 1.54) is 0 Å². The van der Waals surface area contributed by atoms with Gasteiger partial charge in [0.25, 0.3) is 0 Å². The molecule has 23 heavy (non-hydrogen) atoms. The molecule has 1 fully saturated rings. The molecule has 2 aromatic rings. The van der Waals surface area contributed by atoms with E-state index < -0.39 is 0 Å². The van der Waals surface area contributed by atoms with Gasteiger partial charge in [-0.2, -0.15) is 0 Å². The molecule has 1 aliphatic rings. The standard InChI is InChI=1S/C16H25N5O2/c1-11(15-17-8-13(23-15)16(2,3)4)21-6-7-22-12(9-21)14-19-18-10-20(14)5/h8,10-12H,6-7,9H2,1-5H3/t11-,12-/m1/s1. The van der Waals surface area contributed by atoms with Gasteiger partial charge in [0.1, 0.15) is 18.2 Å². The molecule has 2 aromatic heterocycles. The van der Waals surface area contributed by atoms with Crippen LogP contribution in [0.25, 0.3) is 0 Å². The van der Waals surface area contributed by atoms with Crippen molar-refractivity contribution >= 4 is 0 Å². The van der Waals surface area contributed by atoms with Crippen LogP contribution in [-0.4, -0.2) is 44.3 Å². The summed E-state index contributed by atoms with van der Waals surface area (Å²) < 4.78 is 13.8. The van der Waals surface area contributed by atoms with Gasteiger partial charge < -0.3 is 13.7 Å². The second kappa shape index (κ2) is 6.05. The van der Waals surface area contributed by atoms with E-state index in [4.69, 9.17) is 9.15 Å². The summed E-state index contributed by atoms with van der Waals surface area (Å²) in [5.74, 6) is 2.52. The Balaban J connectivity index is 1.73. The first-order valence-corrected chi connectivity index (χ1v) is 8.02. The van der Waals surface area contributed by atoms with Gasteiger partial charge in [-0.15, -0.1) is 10.2 Å². The van der Waals surface area contributed by atoms with Crippen molar-refractivity contribution in [2.24, 2.45) is 7.05 Å². The van der Waals surface area contributed by atoms with E-state index in [2.05, 4.69) is 47.8 Å². The fourth-order valence-corrected chi connectivity index (χ4v) is 2.74. The van der Waals surface area contributed by atoms with Crippen LogP contribution in [0.5, 0.6) is 0 Å². The molecule has 0 aliphatic carbocycles. The molecule has 3 heterocycles. The van der Waals surface area contributed by atoms with Crippen LogP contribution in [0.2, 0.25) is 0 Å². The third-order valence-electron chi connectivity index (χ3n) is 4.30. The number of morpholine rings is 1. The molecule has 1 aliphatic heterocycles. The summed E-state index contributed by atoms with van der Waals surface area (Å²) in [6.07, 6.45) is 3.47. The fourth-order valence-electron chi connectivity index (χ4n) is 2.74. The van der Waals surface area contributed by atoms with Crippen molar-refractivity contribution in [1.82, 2.24) is 24.6 Å². The van der Waals surface area contributed by atoms with E-state index in [9.17, 15) is 0 Å². The van der Waals surface area contributed by atoms with Crippen LogP contribution in [0.3, 0.4) is 0 Å². The molecular weight excluding hydrogens is 294 g/mol. The van der Waals surface area contributed by atoms with Crippen LogP contribution in [-0.2, 0) is 17.2 Å². The lowest BCUT2D eigenvalue weighted by Crippen LogP contribution is -2.40. The molecule has 7 heteroatoms. The number of ether oxygens (including phenoxy) is 1. The second-order valence-corrected chi connectivity index (χ2v) is 7.14. The Morgan fingerprint density at radius 2 is 2.13 bits per heavy atom. The average Bonchev–Trinajstić information content (AvgIpc) is 3.15. The molecule has 0 radical (unpaired) electrons. The summed E-state index contributed by atoms with van der Waals surface area (Å²) in [5.41, 5.74) is -0.0306. The van der Waals surface area contributed by atoms with E-state index in [1.807, 2.05) is 17.8 Å². The van der Waals surface area contributed by atoms with E-state index >= 15 is 0 Å². The minimum Gasteiger partial charge on any atom is -0.443 e. The van der Waals surface area contributed by atoms with Crippen LogP contribution in [0, 0.1) is 0 Å². The lowest BCUT2D eigenvalue weighted by atomic mass is 9.94. The van der Waals surface area contributed by atoms with Crippen LogP contribution in [0.1, 0.15) is 57.3 Å². The normalized spacial score (nSPS) is 21.5. The smallest absolute Gasteiger partial charge is 0.211 e. The lowest BCUT2D eigenvalue weighted by Gasteiger charge is -2.35. The Bertz CT molecular complexity index is 657. The summed E-state index contributed by atoms with van der Waals surface area (Å²) in [7, 11) is 1.94. The molecule has 0 amide bonds. The summed E-state index contributed by atoms with van der Waals surface area (Å²) >= 11 is 0. The van der Waals surface area contributed by atoms with Gasteiger partial charge in [-0.25, -0.2) is 4.98 Å². The van der Waals surface area contributed by atoms with Crippen LogP contribution < -0.4 is 0 Å². The van der Waals surface area contributed by atoms with Crippen molar-refractivity contribution in [3.8, 4) is 0 Å². The molecule has 2 atom stereocenters. The maximum atomic E-state index is 5.99. The van der Waals surface area contributed by atoms with Gasteiger partial charge in [0.05, 0.1) is 18.8 Å². The molecule has 0 saturated carbocycles. The quantitative estimate of drug-likeness (QED) is 0.864. The minimum absolute atomic E-state index is 0.0306. The number of aromatic nitrogens is 4. The van der Waals surface area contributed by atoms with E-state index in [0.717, 1.165) is 30.6 Å². The Kier molecular flexibility index (Phi) is 4.25. The van der Waals surface area contributed by atoms with Crippen molar-refractivity contribution in [3.63, 3.8) is 0 Å². The van der Waals surface area contributed by atoms with Gasteiger partial charge in [0.15, 0.2) is 5.82 Å². The molecule has 0 aromatic carbocycles. The van der Waals surface area contributed by atoms with Gasteiger partial charge in [-0.05, 0) is 6.92 Å². The zero-order chi connectivity index (χ0) is 16.6. The third-order valence-corrected chi connectivity index (χ3v) is 4.30. The van der Waals surface area contributed by atoms with Crippen molar-refractivity contribution < 1.29 is 9.15 Å². The van der Waals surface area contributed by atoms with Crippen LogP contribution in [0.15, 0.2) is 16.9 Å². The zero-order valence-electron chi connectivity index (χ0n) is 14.5. The molecule has 7 nitrogen and oxygen atoms in total. The van der Waals surface area contributed by atoms with Gasteiger partial charge in [0.2, 0.25) is 5.89 Å². The van der Waals surface area contributed by atoms with Crippen molar-refractivity contribution in [1.29, 1.82) is 0 Å². The van der Waals surface area contributed by atoms with Gasteiger partial charge >= 0.3 is 0 Å². The summed E-state index contributed by atoms with van der Waals surface area (Å²) in [5, 5.41) is 8.10. The maximum Gasteiger partial charge on any atom is 0.211 e. The van der Waals surface area contributed by atoms with Gasteiger partial charge in [0, 0.05) is 25.6 Å². The first-order valence-electron chi connectivity index (χ1n) is 8.02. The van der Waals surface area contributed by atoms with Gasteiger partial charge in [-0.3, -0.25) is 4.90 Å². The largest absolute Gasteiger partial charge is 0.443 e. The SMILES string of the molecule is C[C@H](c1ncc(C(C)(C)C)o1)N1CCO[C@@H](c2nncn2C)C1. The van der Waals surface area contributed by atoms with Crippen LogP contribution >= 0.6 is 0 Å². The molecule has 3 rings (SSSR count). The first-order chi connectivity index (χ1) is 10.9. The van der Waals surface area contributed by atoms with E-state index in [-0.39, 0.29) is 17.6 Å².